The molecule has 0 aliphatic heterocycles. The van der Waals surface area contributed by atoms with Gasteiger partial charge >= 0.3 is 0 Å². The average molecular weight is 234 g/mol. The Hall–Kier alpha value is -1.35. The standard InChI is InChI=1S/C14H22N2O/c1-4-15-14(17)13(10-11-16(2)3)12-8-6-5-7-9-12/h5-9,13H,4,10-11H2,1-3H3,(H,15,17). The Bertz CT molecular complexity index is 335. The summed E-state index contributed by atoms with van der Waals surface area (Å²) >= 11 is 0. The van der Waals surface area contributed by atoms with Crippen molar-refractivity contribution in [3.05, 3.63) is 35.9 Å². The van der Waals surface area contributed by atoms with E-state index in [1.165, 1.54) is 0 Å². The Balaban J connectivity index is 2.75. The number of hydrogen-bond donors (Lipinski definition) is 1. The van der Waals surface area contributed by atoms with Crippen LogP contribution >= 0.6 is 0 Å². The molecule has 17 heavy (non-hydrogen) atoms. The van der Waals surface area contributed by atoms with Crippen molar-refractivity contribution in [3.8, 4) is 0 Å². The molecule has 1 N–H and O–H groups in total. The second-order valence-electron chi connectivity index (χ2n) is 4.45. The normalized spacial score (nSPS) is 12.5. The fourth-order valence-electron chi connectivity index (χ4n) is 1.82. The Labute approximate surface area is 104 Å². The summed E-state index contributed by atoms with van der Waals surface area (Å²) in [7, 11) is 4.06. The van der Waals surface area contributed by atoms with Crippen molar-refractivity contribution < 1.29 is 4.79 Å². The van der Waals surface area contributed by atoms with Gasteiger partial charge in [-0.1, -0.05) is 30.3 Å². The van der Waals surface area contributed by atoms with Crippen LogP contribution in [0.1, 0.15) is 24.8 Å². The van der Waals surface area contributed by atoms with Gasteiger partial charge in [-0.3, -0.25) is 4.79 Å². The predicted molar refractivity (Wildman–Crippen MR) is 71.0 cm³/mol. The molecule has 0 radical (unpaired) electrons. The summed E-state index contributed by atoms with van der Waals surface area (Å²) in [5, 5.41) is 2.91. The minimum absolute atomic E-state index is 0.0430. The molecule has 0 saturated heterocycles. The highest BCUT2D eigenvalue weighted by molar-refractivity contribution is 5.83. The number of rotatable bonds is 6. The van der Waals surface area contributed by atoms with Gasteiger partial charge in [0.15, 0.2) is 0 Å². The van der Waals surface area contributed by atoms with Crippen LogP contribution in [-0.4, -0.2) is 38.0 Å². The minimum atomic E-state index is -0.0430. The van der Waals surface area contributed by atoms with Gasteiger partial charge in [-0.05, 0) is 39.5 Å². The van der Waals surface area contributed by atoms with E-state index in [-0.39, 0.29) is 11.8 Å². The molecule has 1 atom stereocenters. The van der Waals surface area contributed by atoms with Gasteiger partial charge in [-0.2, -0.15) is 0 Å². The van der Waals surface area contributed by atoms with Crippen LogP contribution in [0.2, 0.25) is 0 Å². The molecule has 1 amide bonds. The number of nitrogens with one attached hydrogen (secondary N) is 1. The van der Waals surface area contributed by atoms with Crippen molar-refractivity contribution in [3.63, 3.8) is 0 Å². The summed E-state index contributed by atoms with van der Waals surface area (Å²) in [5.41, 5.74) is 1.10. The second kappa shape index (κ2) is 7.07. The summed E-state index contributed by atoms with van der Waals surface area (Å²) in [4.78, 5) is 14.1. The number of hydrogen-bond acceptors (Lipinski definition) is 2. The number of likely N-dealkylation sites (N-methyl/N-ethyl adjacent to an activating group) is 1. The number of amides is 1. The van der Waals surface area contributed by atoms with Crippen LogP contribution in [-0.2, 0) is 4.79 Å². The molecule has 94 valence electrons. The average Bonchev–Trinajstić information content (AvgIpc) is 2.30. The molecule has 0 spiro atoms. The van der Waals surface area contributed by atoms with Crippen LogP contribution in [0.15, 0.2) is 30.3 Å². The van der Waals surface area contributed by atoms with Crippen LogP contribution in [0.5, 0.6) is 0 Å². The Morgan fingerprint density at radius 3 is 2.47 bits per heavy atom. The van der Waals surface area contributed by atoms with Crippen LogP contribution in [0.25, 0.3) is 0 Å². The van der Waals surface area contributed by atoms with Gasteiger partial charge in [0, 0.05) is 6.54 Å². The smallest absolute Gasteiger partial charge is 0.227 e. The lowest BCUT2D eigenvalue weighted by Crippen LogP contribution is -2.31. The van der Waals surface area contributed by atoms with E-state index < -0.39 is 0 Å². The third-order valence-electron chi connectivity index (χ3n) is 2.73. The van der Waals surface area contributed by atoms with E-state index in [4.69, 9.17) is 0 Å². The molecule has 0 bridgehead atoms. The van der Waals surface area contributed by atoms with Crippen LogP contribution in [0, 0.1) is 0 Å². The second-order valence-corrected chi connectivity index (χ2v) is 4.45. The van der Waals surface area contributed by atoms with Crippen molar-refractivity contribution in [1.29, 1.82) is 0 Å². The number of carbonyl (C=O) groups excluding carboxylic acids is 1. The molecule has 0 aromatic heterocycles. The van der Waals surface area contributed by atoms with Crippen molar-refractivity contribution in [2.75, 3.05) is 27.2 Å². The highest BCUT2D eigenvalue weighted by atomic mass is 16.1. The Kier molecular flexibility index (Phi) is 5.70. The first-order valence-electron chi connectivity index (χ1n) is 6.12. The zero-order chi connectivity index (χ0) is 12.7. The van der Waals surface area contributed by atoms with E-state index in [2.05, 4.69) is 10.2 Å². The molecular weight excluding hydrogens is 212 g/mol. The van der Waals surface area contributed by atoms with Gasteiger partial charge in [0.05, 0.1) is 5.92 Å². The zero-order valence-electron chi connectivity index (χ0n) is 10.9. The van der Waals surface area contributed by atoms with Crippen molar-refractivity contribution in [1.82, 2.24) is 10.2 Å². The van der Waals surface area contributed by atoms with Gasteiger partial charge in [0.1, 0.15) is 0 Å². The predicted octanol–water partition coefficient (Wildman–Crippen LogP) is 1.86. The van der Waals surface area contributed by atoms with Gasteiger partial charge in [-0.15, -0.1) is 0 Å². The molecule has 3 nitrogen and oxygen atoms in total. The molecule has 0 heterocycles. The van der Waals surface area contributed by atoms with Crippen molar-refractivity contribution >= 4 is 5.91 Å². The maximum atomic E-state index is 12.0. The fraction of sp³-hybridized carbons (Fsp3) is 0.500. The van der Waals surface area contributed by atoms with Gasteiger partial charge in [0.2, 0.25) is 5.91 Å². The number of benzene rings is 1. The summed E-state index contributed by atoms with van der Waals surface area (Å²) in [6.07, 6.45) is 0.850. The summed E-state index contributed by atoms with van der Waals surface area (Å²) in [6, 6.07) is 9.99. The SMILES string of the molecule is CCNC(=O)C(CCN(C)C)c1ccccc1. The quantitative estimate of drug-likeness (QED) is 0.815. The molecule has 1 aromatic carbocycles. The molecule has 0 aliphatic carbocycles. The van der Waals surface area contributed by atoms with E-state index in [1.807, 2.05) is 51.4 Å². The lowest BCUT2D eigenvalue weighted by atomic mass is 9.94. The Morgan fingerprint density at radius 1 is 1.29 bits per heavy atom. The summed E-state index contributed by atoms with van der Waals surface area (Å²) in [5.74, 6) is 0.0825. The summed E-state index contributed by atoms with van der Waals surface area (Å²) < 4.78 is 0. The van der Waals surface area contributed by atoms with Crippen LogP contribution < -0.4 is 5.32 Å². The minimum Gasteiger partial charge on any atom is -0.356 e. The first kappa shape index (κ1) is 13.7. The molecule has 1 aromatic rings. The topological polar surface area (TPSA) is 32.3 Å². The van der Waals surface area contributed by atoms with Gasteiger partial charge in [0.25, 0.3) is 0 Å². The third-order valence-corrected chi connectivity index (χ3v) is 2.73. The van der Waals surface area contributed by atoms with E-state index in [0.29, 0.717) is 6.54 Å². The van der Waals surface area contributed by atoms with E-state index >= 15 is 0 Å². The van der Waals surface area contributed by atoms with Crippen molar-refractivity contribution in [2.24, 2.45) is 0 Å². The van der Waals surface area contributed by atoms with E-state index in [1.54, 1.807) is 0 Å². The van der Waals surface area contributed by atoms with Gasteiger partial charge in [-0.25, -0.2) is 0 Å². The highest BCUT2D eigenvalue weighted by Crippen LogP contribution is 2.19. The largest absolute Gasteiger partial charge is 0.356 e. The molecular formula is C14H22N2O. The lowest BCUT2D eigenvalue weighted by Gasteiger charge is -2.19. The first-order valence-corrected chi connectivity index (χ1v) is 6.12. The number of nitrogens with zero attached hydrogens (tertiary/aromatic N) is 1. The Morgan fingerprint density at radius 2 is 1.94 bits per heavy atom. The van der Waals surface area contributed by atoms with Gasteiger partial charge < -0.3 is 10.2 Å². The fourth-order valence-corrected chi connectivity index (χ4v) is 1.82. The maximum Gasteiger partial charge on any atom is 0.227 e. The van der Waals surface area contributed by atoms with Crippen LogP contribution in [0.4, 0.5) is 0 Å². The molecule has 3 heteroatoms. The maximum absolute atomic E-state index is 12.0. The zero-order valence-corrected chi connectivity index (χ0v) is 10.9. The molecule has 0 fully saturated rings. The molecule has 0 aliphatic rings. The van der Waals surface area contributed by atoms with Crippen LogP contribution in [0.3, 0.4) is 0 Å². The van der Waals surface area contributed by atoms with E-state index in [9.17, 15) is 4.79 Å². The molecule has 1 unspecified atom stereocenters. The molecule has 0 saturated carbocycles. The highest BCUT2D eigenvalue weighted by Gasteiger charge is 2.19. The van der Waals surface area contributed by atoms with Crippen molar-refractivity contribution in [2.45, 2.75) is 19.3 Å². The lowest BCUT2D eigenvalue weighted by molar-refractivity contribution is -0.122. The molecule has 1 rings (SSSR count). The first-order chi connectivity index (χ1) is 8.15. The third kappa shape index (κ3) is 4.57. The monoisotopic (exact) mass is 234 g/mol. The van der Waals surface area contributed by atoms with E-state index in [0.717, 1.165) is 18.5 Å². The summed E-state index contributed by atoms with van der Waals surface area (Å²) in [6.45, 7) is 3.55. The number of carbonyl (C=O) groups is 1.